The minimum absolute atomic E-state index is 0.0333. The van der Waals surface area contributed by atoms with Crippen molar-refractivity contribution >= 4 is 28.9 Å². The molecule has 0 N–H and O–H groups in total. The Kier molecular flexibility index (Phi) is 5.08. The molecule has 23 heavy (non-hydrogen) atoms. The highest BCUT2D eigenvalue weighted by atomic mass is 16.2. The largest absolute Gasteiger partial charge is 0.300 e. The molecule has 5 heteroatoms. The molecule has 1 aromatic rings. The number of carbonyl (C=O) groups excluding carboxylic acids is 3. The fourth-order valence-corrected chi connectivity index (χ4v) is 2.87. The van der Waals surface area contributed by atoms with Crippen molar-refractivity contribution in [3.8, 4) is 0 Å². The normalized spacial score (nSPS) is 16.4. The zero-order valence-corrected chi connectivity index (χ0v) is 13.8. The van der Waals surface area contributed by atoms with Crippen LogP contribution in [0.5, 0.6) is 0 Å². The Balaban J connectivity index is 2.33. The average Bonchev–Trinajstić information content (AvgIpc) is 2.76. The van der Waals surface area contributed by atoms with Crippen molar-refractivity contribution in [2.45, 2.75) is 46.5 Å². The molecule has 0 fully saturated rings. The number of rotatable bonds is 7. The maximum atomic E-state index is 13.1. The molecule has 122 valence electrons. The van der Waals surface area contributed by atoms with Crippen LogP contribution in [0, 0.1) is 5.41 Å². The lowest BCUT2D eigenvalue weighted by Crippen LogP contribution is -2.40. The molecule has 1 aliphatic rings. The second-order valence-electron chi connectivity index (χ2n) is 6.12. The van der Waals surface area contributed by atoms with Gasteiger partial charge in [0.25, 0.3) is 5.91 Å². The number of ketones is 2. The smallest absolute Gasteiger partial charge is 0.259 e. The van der Waals surface area contributed by atoms with Crippen molar-refractivity contribution < 1.29 is 14.4 Å². The van der Waals surface area contributed by atoms with Gasteiger partial charge in [-0.2, -0.15) is 10.1 Å². The Morgan fingerprint density at radius 2 is 1.57 bits per heavy atom. The topological polar surface area (TPSA) is 66.8 Å². The molecule has 0 unspecified atom stereocenters. The molecule has 1 aromatic carbocycles. The summed E-state index contributed by atoms with van der Waals surface area (Å²) in [6.07, 6.45) is 1.40. The molecule has 1 amide bonds. The van der Waals surface area contributed by atoms with Crippen LogP contribution in [-0.2, 0) is 14.4 Å². The van der Waals surface area contributed by atoms with Gasteiger partial charge in [-0.3, -0.25) is 4.79 Å². The highest BCUT2D eigenvalue weighted by Crippen LogP contribution is 2.40. The van der Waals surface area contributed by atoms with Crippen LogP contribution in [0.4, 0.5) is 5.69 Å². The van der Waals surface area contributed by atoms with E-state index >= 15 is 0 Å². The van der Waals surface area contributed by atoms with E-state index in [1.807, 2.05) is 30.3 Å². The Bertz CT molecular complexity index is 631. The molecule has 0 aliphatic carbocycles. The number of hydrogen-bond donors (Lipinski definition) is 0. The third-order valence-electron chi connectivity index (χ3n) is 4.35. The highest BCUT2D eigenvalue weighted by Gasteiger charge is 2.48. The first kappa shape index (κ1) is 17.1. The number of hydrogen-bond acceptors (Lipinski definition) is 4. The summed E-state index contributed by atoms with van der Waals surface area (Å²) in [6.45, 7) is 4.83. The zero-order chi connectivity index (χ0) is 17.0. The number of anilines is 1. The number of hydrazone groups is 1. The van der Waals surface area contributed by atoms with Gasteiger partial charge in [0.2, 0.25) is 0 Å². The van der Waals surface area contributed by atoms with Crippen LogP contribution in [-0.4, -0.2) is 23.2 Å². The van der Waals surface area contributed by atoms with Gasteiger partial charge in [-0.1, -0.05) is 18.2 Å². The minimum Gasteiger partial charge on any atom is -0.300 e. The monoisotopic (exact) mass is 314 g/mol. The van der Waals surface area contributed by atoms with E-state index in [0.29, 0.717) is 37.1 Å². The second kappa shape index (κ2) is 6.86. The van der Waals surface area contributed by atoms with Crippen LogP contribution < -0.4 is 5.01 Å². The molecule has 0 aromatic heterocycles. The van der Waals surface area contributed by atoms with E-state index in [1.165, 1.54) is 18.9 Å². The predicted molar refractivity (Wildman–Crippen MR) is 89.3 cm³/mol. The Morgan fingerprint density at radius 3 is 2.04 bits per heavy atom. The summed E-state index contributed by atoms with van der Waals surface area (Å²) < 4.78 is 0. The van der Waals surface area contributed by atoms with Crippen molar-refractivity contribution in [3.05, 3.63) is 30.3 Å². The maximum Gasteiger partial charge on any atom is 0.259 e. The van der Waals surface area contributed by atoms with Crippen molar-refractivity contribution in [2.75, 3.05) is 5.01 Å². The lowest BCUT2D eigenvalue weighted by Gasteiger charge is -2.27. The van der Waals surface area contributed by atoms with Crippen LogP contribution in [0.25, 0.3) is 0 Å². The molecule has 0 saturated carbocycles. The van der Waals surface area contributed by atoms with Crippen molar-refractivity contribution in [1.82, 2.24) is 0 Å². The zero-order valence-electron chi connectivity index (χ0n) is 13.8. The van der Waals surface area contributed by atoms with E-state index in [1.54, 1.807) is 6.92 Å². The third kappa shape index (κ3) is 3.55. The first-order valence-corrected chi connectivity index (χ1v) is 7.81. The summed E-state index contributed by atoms with van der Waals surface area (Å²) in [6, 6.07) is 9.21. The molecule has 0 radical (unpaired) electrons. The third-order valence-corrected chi connectivity index (χ3v) is 4.35. The molecule has 0 saturated heterocycles. The fraction of sp³-hybridized carbons (Fsp3) is 0.444. The van der Waals surface area contributed by atoms with Crippen LogP contribution in [0.3, 0.4) is 0 Å². The summed E-state index contributed by atoms with van der Waals surface area (Å²) in [5.41, 5.74) is 0.519. The van der Waals surface area contributed by atoms with Crippen LogP contribution >= 0.6 is 0 Å². The number of nitrogens with zero attached hydrogens (tertiary/aromatic N) is 2. The van der Waals surface area contributed by atoms with Crippen LogP contribution in [0.15, 0.2) is 35.4 Å². The van der Waals surface area contributed by atoms with E-state index in [2.05, 4.69) is 5.10 Å². The van der Waals surface area contributed by atoms with Gasteiger partial charge in [-0.15, -0.1) is 0 Å². The number of benzene rings is 1. The highest BCUT2D eigenvalue weighted by molar-refractivity contribution is 6.18. The molecule has 1 aliphatic heterocycles. The van der Waals surface area contributed by atoms with Gasteiger partial charge in [0.1, 0.15) is 11.6 Å². The molecule has 5 nitrogen and oxygen atoms in total. The van der Waals surface area contributed by atoms with E-state index < -0.39 is 5.41 Å². The van der Waals surface area contributed by atoms with E-state index in [0.717, 1.165) is 0 Å². The Morgan fingerprint density at radius 1 is 1.04 bits per heavy atom. The lowest BCUT2D eigenvalue weighted by atomic mass is 9.74. The van der Waals surface area contributed by atoms with Gasteiger partial charge in [-0.25, -0.2) is 0 Å². The van der Waals surface area contributed by atoms with Gasteiger partial charge in [-0.05, 0) is 45.7 Å². The fourth-order valence-electron chi connectivity index (χ4n) is 2.87. The molecular formula is C18H22N2O3. The van der Waals surface area contributed by atoms with Gasteiger partial charge in [0, 0.05) is 12.8 Å². The lowest BCUT2D eigenvalue weighted by molar-refractivity contribution is -0.125. The number of amides is 1. The summed E-state index contributed by atoms with van der Waals surface area (Å²) in [5.74, 6) is -0.0828. The molecule has 0 atom stereocenters. The van der Waals surface area contributed by atoms with E-state index in [9.17, 15) is 14.4 Å². The SMILES string of the molecule is CC(=O)CCC1(CCC(C)=O)C(=O)N(c2ccccc2)N=C1C. The maximum absolute atomic E-state index is 13.1. The molecule has 0 bridgehead atoms. The average molecular weight is 314 g/mol. The number of para-hydroxylation sites is 1. The van der Waals surface area contributed by atoms with Gasteiger partial charge in [0.05, 0.1) is 16.8 Å². The minimum atomic E-state index is -0.854. The summed E-state index contributed by atoms with van der Waals surface area (Å²) in [5, 5.41) is 5.83. The van der Waals surface area contributed by atoms with E-state index in [4.69, 9.17) is 0 Å². The Labute approximate surface area is 136 Å². The number of carbonyl (C=O) groups is 3. The van der Waals surface area contributed by atoms with Crippen molar-refractivity contribution in [3.63, 3.8) is 0 Å². The van der Waals surface area contributed by atoms with E-state index in [-0.39, 0.29) is 17.5 Å². The quantitative estimate of drug-likeness (QED) is 0.776. The molecule has 2 rings (SSSR count). The molecule has 1 heterocycles. The van der Waals surface area contributed by atoms with Crippen molar-refractivity contribution in [1.29, 1.82) is 0 Å². The summed E-state index contributed by atoms with van der Waals surface area (Å²) >= 11 is 0. The van der Waals surface area contributed by atoms with Gasteiger partial charge < -0.3 is 9.59 Å². The van der Waals surface area contributed by atoms with Crippen LogP contribution in [0.2, 0.25) is 0 Å². The van der Waals surface area contributed by atoms with Gasteiger partial charge >= 0.3 is 0 Å². The van der Waals surface area contributed by atoms with Gasteiger partial charge in [0.15, 0.2) is 0 Å². The molecular weight excluding hydrogens is 292 g/mol. The first-order valence-electron chi connectivity index (χ1n) is 7.81. The van der Waals surface area contributed by atoms with Crippen LogP contribution in [0.1, 0.15) is 46.5 Å². The second-order valence-corrected chi connectivity index (χ2v) is 6.12. The Hall–Kier alpha value is -2.30. The first-order chi connectivity index (χ1) is 10.9. The standard InChI is InChI=1S/C18H22N2O3/c1-13(21)9-11-18(12-10-14(2)22)15(3)19-20(17(18)23)16-7-5-4-6-8-16/h4-8H,9-12H2,1-3H3. The number of Topliss-reactive ketones (excluding diaryl/α,β-unsaturated/α-hetero) is 2. The van der Waals surface area contributed by atoms with Crippen molar-refractivity contribution in [2.24, 2.45) is 10.5 Å². The predicted octanol–water partition coefficient (Wildman–Crippen LogP) is 3.13. The summed E-state index contributed by atoms with van der Waals surface area (Å²) in [4.78, 5) is 35.9. The summed E-state index contributed by atoms with van der Waals surface area (Å²) in [7, 11) is 0. The molecule has 0 spiro atoms.